The molecule has 2 N–H and O–H groups in total. The zero-order chi connectivity index (χ0) is 13.4. The number of carboxylic acids is 1. The van der Waals surface area contributed by atoms with Crippen molar-refractivity contribution in [2.45, 2.75) is 26.3 Å². The number of hydrogen-bond donors (Lipinski definition) is 2. The Bertz CT molecular complexity index is 258. The van der Waals surface area contributed by atoms with Gasteiger partial charge >= 0.3 is 12.0 Å². The first-order valence-corrected chi connectivity index (χ1v) is 5.67. The van der Waals surface area contributed by atoms with E-state index in [0.717, 1.165) is 0 Å². The molecule has 0 radical (unpaired) electrons. The standard InChI is InChI=1S/C11H22N2O4/c1-5-8(2)9(10(14)15)12-11(16)13(3)6-7-17-4/h8-9H,5-7H2,1-4H3,(H,12,16)(H,14,15)/t8-,9-/m0/s1. The van der Waals surface area contributed by atoms with Gasteiger partial charge in [0.1, 0.15) is 6.04 Å². The number of carboxylic acid groups (broad SMARTS) is 1. The van der Waals surface area contributed by atoms with E-state index in [1.807, 2.05) is 6.92 Å². The van der Waals surface area contributed by atoms with Crippen LogP contribution < -0.4 is 5.32 Å². The van der Waals surface area contributed by atoms with Crippen molar-refractivity contribution in [3.63, 3.8) is 0 Å². The molecular weight excluding hydrogens is 224 g/mol. The van der Waals surface area contributed by atoms with E-state index in [0.29, 0.717) is 19.6 Å². The lowest BCUT2D eigenvalue weighted by Crippen LogP contribution is -2.50. The third-order valence-corrected chi connectivity index (χ3v) is 2.74. The lowest BCUT2D eigenvalue weighted by Gasteiger charge is -2.24. The number of ether oxygens (including phenoxy) is 1. The molecule has 0 aliphatic heterocycles. The van der Waals surface area contributed by atoms with Gasteiger partial charge in [-0.1, -0.05) is 20.3 Å². The summed E-state index contributed by atoms with van der Waals surface area (Å²) in [4.78, 5) is 24.1. The van der Waals surface area contributed by atoms with E-state index in [-0.39, 0.29) is 5.92 Å². The average Bonchev–Trinajstić information content (AvgIpc) is 2.31. The van der Waals surface area contributed by atoms with Gasteiger partial charge in [-0.3, -0.25) is 0 Å². The summed E-state index contributed by atoms with van der Waals surface area (Å²) < 4.78 is 4.85. The minimum absolute atomic E-state index is 0.104. The number of methoxy groups -OCH3 is 1. The maximum absolute atomic E-state index is 11.7. The van der Waals surface area contributed by atoms with Crippen molar-refractivity contribution in [2.75, 3.05) is 27.3 Å². The summed E-state index contributed by atoms with van der Waals surface area (Å²) in [7, 11) is 3.15. The van der Waals surface area contributed by atoms with Crippen LogP contribution in [0.25, 0.3) is 0 Å². The van der Waals surface area contributed by atoms with Crippen LogP contribution in [-0.4, -0.2) is 55.4 Å². The summed E-state index contributed by atoms with van der Waals surface area (Å²) in [6.07, 6.45) is 0.693. The van der Waals surface area contributed by atoms with Crippen molar-refractivity contribution in [2.24, 2.45) is 5.92 Å². The number of amides is 2. The molecule has 0 aromatic carbocycles. The minimum atomic E-state index is -1.01. The second-order valence-corrected chi connectivity index (χ2v) is 4.07. The van der Waals surface area contributed by atoms with Gasteiger partial charge in [-0.05, 0) is 5.92 Å². The first-order chi connectivity index (χ1) is 7.93. The summed E-state index contributed by atoms with van der Waals surface area (Å²) in [6, 6.07) is -1.24. The largest absolute Gasteiger partial charge is 0.480 e. The SMILES string of the molecule is CC[C@H](C)[C@H](NC(=O)N(C)CCOC)C(=O)O. The topological polar surface area (TPSA) is 78.9 Å². The normalized spacial score (nSPS) is 13.9. The van der Waals surface area contributed by atoms with Gasteiger partial charge in [0.2, 0.25) is 0 Å². The van der Waals surface area contributed by atoms with E-state index in [1.165, 1.54) is 4.90 Å². The van der Waals surface area contributed by atoms with Crippen molar-refractivity contribution in [1.82, 2.24) is 10.2 Å². The lowest BCUT2D eigenvalue weighted by atomic mass is 9.99. The van der Waals surface area contributed by atoms with Gasteiger partial charge in [0.15, 0.2) is 0 Å². The molecule has 0 aromatic heterocycles. The number of hydrogen-bond acceptors (Lipinski definition) is 3. The molecule has 2 atom stereocenters. The molecule has 17 heavy (non-hydrogen) atoms. The van der Waals surface area contributed by atoms with E-state index in [1.54, 1.807) is 21.1 Å². The van der Waals surface area contributed by atoms with Crippen LogP contribution in [0.15, 0.2) is 0 Å². The van der Waals surface area contributed by atoms with Crippen molar-refractivity contribution in [3.05, 3.63) is 0 Å². The number of urea groups is 1. The van der Waals surface area contributed by atoms with Crippen LogP contribution in [0.2, 0.25) is 0 Å². The average molecular weight is 246 g/mol. The Morgan fingerprint density at radius 1 is 1.47 bits per heavy atom. The molecule has 0 spiro atoms. The molecule has 0 bridgehead atoms. The number of likely N-dealkylation sites (N-methyl/N-ethyl adjacent to an activating group) is 1. The summed E-state index contributed by atoms with van der Waals surface area (Å²) >= 11 is 0. The van der Waals surface area contributed by atoms with Gasteiger partial charge in [0.05, 0.1) is 6.61 Å². The van der Waals surface area contributed by atoms with Crippen LogP contribution in [-0.2, 0) is 9.53 Å². The molecule has 0 aliphatic rings. The van der Waals surface area contributed by atoms with Gasteiger partial charge in [-0.15, -0.1) is 0 Å². The molecule has 0 saturated carbocycles. The van der Waals surface area contributed by atoms with Crippen molar-refractivity contribution in [1.29, 1.82) is 0 Å². The Morgan fingerprint density at radius 2 is 2.06 bits per heavy atom. The van der Waals surface area contributed by atoms with Gasteiger partial charge in [-0.25, -0.2) is 9.59 Å². The fraction of sp³-hybridized carbons (Fsp3) is 0.818. The Kier molecular flexibility index (Phi) is 7.29. The molecule has 0 rings (SSSR count). The maximum atomic E-state index is 11.7. The number of rotatable bonds is 7. The summed E-state index contributed by atoms with van der Waals surface area (Å²) in [5.41, 5.74) is 0. The van der Waals surface area contributed by atoms with Crippen LogP contribution >= 0.6 is 0 Å². The second kappa shape index (κ2) is 7.89. The smallest absolute Gasteiger partial charge is 0.326 e. The third kappa shape index (κ3) is 5.53. The summed E-state index contributed by atoms with van der Waals surface area (Å²) in [5, 5.41) is 11.5. The van der Waals surface area contributed by atoms with Gasteiger partial charge in [0.25, 0.3) is 0 Å². The summed E-state index contributed by atoms with van der Waals surface area (Å²) in [6.45, 7) is 4.54. The number of nitrogens with zero attached hydrogens (tertiary/aromatic N) is 1. The Morgan fingerprint density at radius 3 is 2.47 bits per heavy atom. The first kappa shape index (κ1) is 15.7. The molecule has 0 heterocycles. The van der Waals surface area contributed by atoms with Gasteiger partial charge < -0.3 is 20.1 Å². The monoisotopic (exact) mass is 246 g/mol. The molecule has 0 aromatic rings. The zero-order valence-electron chi connectivity index (χ0n) is 10.9. The molecule has 0 fully saturated rings. The second-order valence-electron chi connectivity index (χ2n) is 4.07. The van der Waals surface area contributed by atoms with Crippen LogP contribution in [0.1, 0.15) is 20.3 Å². The number of carbonyl (C=O) groups excluding carboxylic acids is 1. The third-order valence-electron chi connectivity index (χ3n) is 2.74. The highest BCUT2D eigenvalue weighted by Gasteiger charge is 2.26. The van der Waals surface area contributed by atoms with Gasteiger partial charge in [-0.2, -0.15) is 0 Å². The van der Waals surface area contributed by atoms with Crippen LogP contribution in [0.5, 0.6) is 0 Å². The Hall–Kier alpha value is -1.30. The summed E-state index contributed by atoms with van der Waals surface area (Å²) in [5.74, 6) is -1.11. The molecule has 2 amide bonds. The molecular formula is C11H22N2O4. The van der Waals surface area contributed by atoms with Crippen molar-refractivity contribution in [3.8, 4) is 0 Å². The molecule has 0 aliphatic carbocycles. The zero-order valence-corrected chi connectivity index (χ0v) is 10.9. The Balaban J connectivity index is 4.35. The predicted molar refractivity (Wildman–Crippen MR) is 63.9 cm³/mol. The minimum Gasteiger partial charge on any atom is -0.480 e. The predicted octanol–water partition coefficient (Wildman–Crippen LogP) is 0.773. The number of nitrogens with one attached hydrogen (secondary N) is 1. The highest BCUT2D eigenvalue weighted by Crippen LogP contribution is 2.08. The van der Waals surface area contributed by atoms with Crippen LogP contribution in [0.3, 0.4) is 0 Å². The van der Waals surface area contributed by atoms with Crippen LogP contribution in [0, 0.1) is 5.92 Å². The molecule has 6 heteroatoms. The molecule has 0 unspecified atom stereocenters. The fourth-order valence-corrected chi connectivity index (χ4v) is 1.26. The fourth-order valence-electron chi connectivity index (χ4n) is 1.26. The van der Waals surface area contributed by atoms with Gasteiger partial charge in [0, 0.05) is 20.7 Å². The number of aliphatic carboxylic acids is 1. The highest BCUT2D eigenvalue weighted by atomic mass is 16.5. The van der Waals surface area contributed by atoms with E-state index in [2.05, 4.69) is 5.32 Å². The lowest BCUT2D eigenvalue weighted by molar-refractivity contribution is -0.140. The van der Waals surface area contributed by atoms with Crippen molar-refractivity contribution < 1.29 is 19.4 Å². The molecule has 100 valence electrons. The quantitative estimate of drug-likeness (QED) is 0.695. The highest BCUT2D eigenvalue weighted by molar-refractivity contribution is 5.82. The number of carbonyl (C=O) groups is 2. The Labute approximate surface area is 102 Å². The van der Waals surface area contributed by atoms with E-state index in [9.17, 15) is 9.59 Å². The van der Waals surface area contributed by atoms with Crippen LogP contribution in [0.4, 0.5) is 4.79 Å². The maximum Gasteiger partial charge on any atom is 0.326 e. The van der Waals surface area contributed by atoms with E-state index in [4.69, 9.17) is 9.84 Å². The molecule has 6 nitrogen and oxygen atoms in total. The molecule has 0 saturated heterocycles. The van der Waals surface area contributed by atoms with E-state index < -0.39 is 18.0 Å². The van der Waals surface area contributed by atoms with Crippen molar-refractivity contribution >= 4 is 12.0 Å². The van der Waals surface area contributed by atoms with E-state index >= 15 is 0 Å². The first-order valence-electron chi connectivity index (χ1n) is 5.67.